The van der Waals surface area contributed by atoms with Gasteiger partial charge < -0.3 is 18.8 Å². The van der Waals surface area contributed by atoms with Gasteiger partial charge in [-0.3, -0.25) is 14.4 Å². The van der Waals surface area contributed by atoms with Crippen molar-refractivity contribution < 1.29 is 32.3 Å². The summed E-state index contributed by atoms with van der Waals surface area (Å²) in [5.74, 6) is 0.153. The number of hydrogen-bond acceptors (Lipinski definition) is 8. The summed E-state index contributed by atoms with van der Waals surface area (Å²) in [7, 11) is 1.38. The van der Waals surface area contributed by atoms with Gasteiger partial charge in [-0.15, -0.1) is 0 Å². The molecule has 2 aliphatic carbocycles. The lowest BCUT2D eigenvalue weighted by Crippen LogP contribution is -2.38. The number of pyridine rings is 1. The van der Waals surface area contributed by atoms with E-state index < -0.39 is 29.7 Å². The molecule has 0 atom stereocenters. The number of halogens is 2. The molecule has 0 N–H and O–H groups in total. The first kappa shape index (κ1) is 30.3. The fourth-order valence-electron chi connectivity index (χ4n) is 5.12. The molecule has 230 valence electrons. The van der Waals surface area contributed by atoms with Gasteiger partial charge in [0.05, 0.1) is 11.7 Å². The summed E-state index contributed by atoms with van der Waals surface area (Å²) in [5.41, 5.74) is -0.827. The first-order valence-electron chi connectivity index (χ1n) is 14.5. The van der Waals surface area contributed by atoms with E-state index in [1.54, 1.807) is 32.9 Å². The van der Waals surface area contributed by atoms with Crippen molar-refractivity contribution in [2.45, 2.75) is 77.4 Å². The van der Waals surface area contributed by atoms with Crippen LogP contribution >= 0.6 is 0 Å². The van der Waals surface area contributed by atoms with Crippen LogP contribution in [0.25, 0.3) is 11.5 Å². The quantitative estimate of drug-likeness (QED) is 0.266. The highest BCUT2D eigenvalue weighted by atomic mass is 19.3. The van der Waals surface area contributed by atoms with E-state index in [9.17, 15) is 23.2 Å². The van der Waals surface area contributed by atoms with Gasteiger partial charge in [0.15, 0.2) is 11.4 Å². The van der Waals surface area contributed by atoms with Crippen molar-refractivity contribution in [1.82, 2.24) is 19.7 Å². The Balaban J connectivity index is 1.35. The molecule has 0 aliphatic heterocycles. The molecule has 11 nitrogen and oxygen atoms in total. The number of amides is 2. The summed E-state index contributed by atoms with van der Waals surface area (Å²) in [5, 5.41) is 4.11. The molecule has 2 aliphatic rings. The van der Waals surface area contributed by atoms with Gasteiger partial charge in [-0.25, -0.2) is 23.5 Å². The van der Waals surface area contributed by atoms with Crippen molar-refractivity contribution in [1.29, 1.82) is 0 Å². The van der Waals surface area contributed by atoms with Crippen LogP contribution in [0.2, 0.25) is 0 Å². The number of rotatable bonds is 9. The molecule has 13 heteroatoms. The number of carbonyl (C=O) groups is 3. The first-order chi connectivity index (χ1) is 20.4. The number of carbonyl (C=O) groups excluding carboxylic acids is 3. The van der Waals surface area contributed by atoms with Crippen molar-refractivity contribution in [2.75, 3.05) is 23.4 Å². The number of hydrogen-bond donors (Lipinski definition) is 0. The normalized spacial score (nSPS) is 18.9. The second kappa shape index (κ2) is 12.2. The fourth-order valence-corrected chi connectivity index (χ4v) is 5.12. The van der Waals surface area contributed by atoms with Gasteiger partial charge in [-0.1, -0.05) is 0 Å². The van der Waals surface area contributed by atoms with Gasteiger partial charge in [0.2, 0.25) is 5.89 Å². The third-order valence-electron chi connectivity index (χ3n) is 7.66. The van der Waals surface area contributed by atoms with Crippen LogP contribution in [0.1, 0.15) is 87.9 Å². The van der Waals surface area contributed by atoms with E-state index in [2.05, 4.69) is 15.1 Å². The summed E-state index contributed by atoms with van der Waals surface area (Å²) >= 11 is 0. The van der Waals surface area contributed by atoms with Crippen molar-refractivity contribution in [3.63, 3.8) is 0 Å². The fraction of sp³-hybridized carbons (Fsp3) is 0.533. The second-order valence-electron chi connectivity index (χ2n) is 12.2. The van der Waals surface area contributed by atoms with Gasteiger partial charge in [0, 0.05) is 37.5 Å². The number of nitrogens with zero attached hydrogens (tertiary/aromatic N) is 6. The standard InChI is InChI=1S/C30H36F2N6O5/c1-30(2,3)43-29(41)37(14-18-5-6-18)24-13-20(11-12-33-24)27-34-22(17-42-27)28(40)36(4)23-15-38(35-25(23)26(31)32)21-9-7-19(16-39)8-10-21/h11-13,15-19,21,26H,5-10,14H2,1-4H3. The Morgan fingerprint density at radius 3 is 2.53 bits per heavy atom. The van der Waals surface area contributed by atoms with E-state index in [0.29, 0.717) is 49.5 Å². The van der Waals surface area contributed by atoms with E-state index in [0.717, 1.165) is 30.3 Å². The molecule has 0 radical (unpaired) electrons. The molecule has 3 aromatic heterocycles. The first-order valence-corrected chi connectivity index (χ1v) is 14.5. The minimum Gasteiger partial charge on any atom is -0.444 e. The number of ether oxygens (including phenoxy) is 1. The van der Waals surface area contributed by atoms with Crippen LogP contribution in [0.5, 0.6) is 0 Å². The molecule has 0 aromatic carbocycles. The van der Waals surface area contributed by atoms with Crippen LogP contribution in [0, 0.1) is 11.8 Å². The Morgan fingerprint density at radius 1 is 1.19 bits per heavy atom. The summed E-state index contributed by atoms with van der Waals surface area (Å²) in [6, 6.07) is 3.13. The molecule has 43 heavy (non-hydrogen) atoms. The SMILES string of the molecule is CN(C(=O)c1coc(-c2ccnc(N(CC3CC3)C(=O)OC(C)(C)C)c2)n1)c1cn(C2CCC(C=O)CC2)nc1C(F)F. The predicted molar refractivity (Wildman–Crippen MR) is 153 cm³/mol. The van der Waals surface area contributed by atoms with Gasteiger partial charge in [-0.05, 0) is 77.3 Å². The van der Waals surface area contributed by atoms with Crippen LogP contribution in [-0.2, 0) is 9.53 Å². The molecule has 2 saturated carbocycles. The zero-order valence-electron chi connectivity index (χ0n) is 24.7. The maximum absolute atomic E-state index is 14.0. The Labute approximate surface area is 248 Å². The number of oxazole rings is 1. The number of aromatic nitrogens is 4. The van der Waals surface area contributed by atoms with E-state index >= 15 is 0 Å². The minimum absolute atomic E-state index is 0.0264. The lowest BCUT2D eigenvalue weighted by Gasteiger charge is -2.27. The number of alkyl halides is 2. The highest BCUT2D eigenvalue weighted by molar-refractivity contribution is 6.04. The summed E-state index contributed by atoms with van der Waals surface area (Å²) in [6.07, 6.45) is 6.29. The molecule has 2 amide bonds. The summed E-state index contributed by atoms with van der Waals surface area (Å²) in [6.45, 7) is 5.84. The summed E-state index contributed by atoms with van der Waals surface area (Å²) < 4.78 is 40.6. The van der Waals surface area contributed by atoms with Crippen LogP contribution < -0.4 is 9.80 Å². The largest absolute Gasteiger partial charge is 0.444 e. The molecule has 3 heterocycles. The smallest absolute Gasteiger partial charge is 0.416 e. The molecule has 0 bridgehead atoms. The van der Waals surface area contributed by atoms with Crippen LogP contribution in [0.15, 0.2) is 35.2 Å². The molecule has 0 saturated heterocycles. The maximum Gasteiger partial charge on any atom is 0.416 e. The van der Waals surface area contributed by atoms with Crippen molar-refractivity contribution in [3.8, 4) is 11.5 Å². The van der Waals surface area contributed by atoms with Crippen LogP contribution in [0.3, 0.4) is 0 Å². The second-order valence-corrected chi connectivity index (χ2v) is 12.2. The zero-order chi connectivity index (χ0) is 30.9. The van der Waals surface area contributed by atoms with Crippen molar-refractivity contribution in [3.05, 3.63) is 42.2 Å². The predicted octanol–water partition coefficient (Wildman–Crippen LogP) is 6.23. The molecule has 5 rings (SSSR count). The highest BCUT2D eigenvalue weighted by Gasteiger charge is 2.32. The Hall–Kier alpha value is -4.16. The highest BCUT2D eigenvalue weighted by Crippen LogP contribution is 2.36. The lowest BCUT2D eigenvalue weighted by molar-refractivity contribution is -0.112. The summed E-state index contributed by atoms with van der Waals surface area (Å²) in [4.78, 5) is 48.7. The average molecular weight is 599 g/mol. The Bertz CT molecular complexity index is 1470. The minimum atomic E-state index is -2.90. The third kappa shape index (κ3) is 7.08. The average Bonchev–Trinajstić information content (AvgIpc) is 3.47. The third-order valence-corrected chi connectivity index (χ3v) is 7.66. The van der Waals surface area contributed by atoms with E-state index in [4.69, 9.17) is 9.15 Å². The Kier molecular flexibility index (Phi) is 8.61. The van der Waals surface area contributed by atoms with Gasteiger partial charge in [0.1, 0.15) is 24.0 Å². The topological polar surface area (TPSA) is 124 Å². The molecule has 3 aromatic rings. The lowest BCUT2D eigenvalue weighted by atomic mass is 9.87. The van der Waals surface area contributed by atoms with Gasteiger partial charge in [0.25, 0.3) is 12.3 Å². The van der Waals surface area contributed by atoms with Crippen molar-refractivity contribution in [2.24, 2.45) is 11.8 Å². The van der Waals surface area contributed by atoms with E-state index in [1.165, 1.54) is 29.0 Å². The molecule has 0 unspecified atom stereocenters. The van der Waals surface area contributed by atoms with Crippen LogP contribution in [0.4, 0.5) is 25.1 Å². The van der Waals surface area contributed by atoms with E-state index in [-0.39, 0.29) is 29.2 Å². The van der Waals surface area contributed by atoms with Crippen LogP contribution in [-0.4, -0.2) is 57.2 Å². The number of aldehydes is 1. The van der Waals surface area contributed by atoms with Gasteiger partial charge in [-0.2, -0.15) is 5.10 Å². The van der Waals surface area contributed by atoms with E-state index in [1.807, 2.05) is 0 Å². The zero-order valence-corrected chi connectivity index (χ0v) is 24.7. The molecular weight excluding hydrogens is 562 g/mol. The maximum atomic E-state index is 14.0. The molecular formula is C30H36F2N6O5. The molecule has 2 fully saturated rings. The van der Waals surface area contributed by atoms with Gasteiger partial charge >= 0.3 is 6.09 Å². The monoisotopic (exact) mass is 598 g/mol. The van der Waals surface area contributed by atoms with Crippen molar-refractivity contribution >= 4 is 29.8 Å². The number of anilines is 2. The Morgan fingerprint density at radius 2 is 1.91 bits per heavy atom. The molecule has 0 spiro atoms.